The van der Waals surface area contributed by atoms with E-state index in [1.165, 1.54) is 57.8 Å². The first-order valence-corrected chi connectivity index (χ1v) is 11.5. The third-order valence-corrected chi connectivity index (χ3v) is 6.60. The molecule has 170 valence electrons. The molecular weight excluding hydrogens is 482 g/mol. The maximum Gasteiger partial charge on any atom is 0.326 e. The van der Waals surface area contributed by atoms with Gasteiger partial charge in [-0.2, -0.15) is 4.98 Å². The first-order valence-electron chi connectivity index (χ1n) is 9.73. The van der Waals surface area contributed by atoms with Gasteiger partial charge in [-0.15, -0.1) is 22.7 Å². The Morgan fingerprint density at radius 2 is 2.03 bits per heavy atom. The van der Waals surface area contributed by atoms with Crippen LogP contribution in [0.3, 0.4) is 0 Å². The average molecular weight is 495 g/mol. The number of nitrogens with zero attached hydrogens (tertiary/aromatic N) is 5. The first-order chi connectivity index (χ1) is 16.5. The number of rotatable bonds is 7. The quantitative estimate of drug-likeness (QED) is 0.187. The predicted octanol–water partition coefficient (Wildman–Crippen LogP) is 3.89. The van der Waals surface area contributed by atoms with Crippen molar-refractivity contribution in [3.8, 4) is 21.8 Å². The number of non-ortho nitro benzene ring substituents is 1. The molecule has 4 heterocycles. The van der Waals surface area contributed by atoms with Crippen molar-refractivity contribution < 1.29 is 19.0 Å². The van der Waals surface area contributed by atoms with Gasteiger partial charge < -0.3 is 9.26 Å². The summed E-state index contributed by atoms with van der Waals surface area (Å²) in [5.41, 5.74) is 0.911. The van der Waals surface area contributed by atoms with Crippen molar-refractivity contribution in [2.45, 2.75) is 13.2 Å². The Balaban J connectivity index is 1.26. The Kier molecular flexibility index (Phi) is 5.69. The molecule has 0 amide bonds. The highest BCUT2D eigenvalue weighted by molar-refractivity contribution is 7.18. The summed E-state index contributed by atoms with van der Waals surface area (Å²) in [6.45, 7) is -0.618. The summed E-state index contributed by atoms with van der Waals surface area (Å²) >= 11 is 2.89. The van der Waals surface area contributed by atoms with Crippen molar-refractivity contribution in [2.75, 3.05) is 0 Å². The molecule has 5 aromatic rings. The van der Waals surface area contributed by atoms with Gasteiger partial charge in [-0.05, 0) is 23.6 Å². The van der Waals surface area contributed by atoms with E-state index in [1.807, 2.05) is 22.9 Å². The highest BCUT2D eigenvalue weighted by atomic mass is 32.1. The Hall–Kier alpha value is -4.23. The van der Waals surface area contributed by atoms with Gasteiger partial charge in [0.05, 0.1) is 16.6 Å². The molecule has 13 heteroatoms. The van der Waals surface area contributed by atoms with Gasteiger partial charge in [0.15, 0.2) is 6.61 Å². The second kappa shape index (κ2) is 8.96. The maximum absolute atomic E-state index is 13.0. The van der Waals surface area contributed by atoms with E-state index in [2.05, 4.69) is 15.1 Å². The second-order valence-electron chi connectivity index (χ2n) is 6.96. The number of ether oxygens (including phenoxy) is 1. The fourth-order valence-corrected chi connectivity index (χ4v) is 4.90. The Morgan fingerprint density at radius 1 is 1.21 bits per heavy atom. The van der Waals surface area contributed by atoms with Gasteiger partial charge in [-0.25, -0.2) is 4.98 Å². The molecular formula is C21H13N5O6S2. The molecule has 0 aliphatic rings. The lowest BCUT2D eigenvalue weighted by Crippen LogP contribution is -2.25. The zero-order chi connectivity index (χ0) is 23.7. The van der Waals surface area contributed by atoms with Crippen LogP contribution in [0.25, 0.3) is 32.0 Å². The normalized spacial score (nSPS) is 11.1. The number of esters is 1. The smallest absolute Gasteiger partial charge is 0.326 e. The highest BCUT2D eigenvalue weighted by Gasteiger charge is 2.17. The summed E-state index contributed by atoms with van der Waals surface area (Å²) in [6, 6.07) is 9.45. The lowest BCUT2D eigenvalue weighted by atomic mass is 10.2. The SMILES string of the molecule is O=C(Cn1cnc2scc(-c3cccs3)c2c1=O)OCc1nc(-c2ccc([N+](=O)[O-])cc2)no1. The number of carbonyl (C=O) groups is 1. The Morgan fingerprint density at radius 3 is 2.76 bits per heavy atom. The molecule has 5 rings (SSSR count). The number of nitro benzene ring substituents is 1. The van der Waals surface area contributed by atoms with Crippen LogP contribution in [0.4, 0.5) is 5.69 Å². The number of hydrogen-bond acceptors (Lipinski definition) is 11. The summed E-state index contributed by atoms with van der Waals surface area (Å²) in [5.74, 6) is -0.433. The fourth-order valence-electron chi connectivity index (χ4n) is 3.18. The van der Waals surface area contributed by atoms with Gasteiger partial charge in [0.1, 0.15) is 11.4 Å². The minimum absolute atomic E-state index is 0.0421. The van der Waals surface area contributed by atoms with Crippen LogP contribution in [0.2, 0.25) is 0 Å². The van der Waals surface area contributed by atoms with Gasteiger partial charge in [-0.1, -0.05) is 11.2 Å². The predicted molar refractivity (Wildman–Crippen MR) is 123 cm³/mol. The number of aromatic nitrogens is 4. The number of benzene rings is 1. The number of thiophene rings is 2. The van der Waals surface area contributed by atoms with Gasteiger partial charge in [-0.3, -0.25) is 24.3 Å². The van der Waals surface area contributed by atoms with Crippen LogP contribution in [0, 0.1) is 10.1 Å². The number of nitro groups is 1. The molecule has 0 radical (unpaired) electrons. The van der Waals surface area contributed by atoms with E-state index in [0.717, 1.165) is 10.4 Å². The minimum Gasteiger partial charge on any atom is -0.454 e. The molecule has 34 heavy (non-hydrogen) atoms. The van der Waals surface area contributed by atoms with E-state index < -0.39 is 10.9 Å². The standard InChI is InChI=1S/C21H13N5O6S2/c27-17(31-9-16-23-19(24-32-16)12-3-5-13(6-4-12)26(29)30)8-25-11-22-20-18(21(25)28)14(10-34-20)15-2-1-7-33-15/h1-7,10-11H,8-9H2. The van der Waals surface area contributed by atoms with E-state index in [9.17, 15) is 19.7 Å². The Labute approximate surface area is 198 Å². The molecule has 0 bridgehead atoms. The highest BCUT2D eigenvalue weighted by Crippen LogP contribution is 2.33. The van der Waals surface area contributed by atoms with Crippen LogP contribution in [-0.2, 0) is 22.7 Å². The van der Waals surface area contributed by atoms with Crippen molar-refractivity contribution in [2.24, 2.45) is 0 Å². The summed E-state index contributed by atoms with van der Waals surface area (Å²) in [4.78, 5) is 45.5. The van der Waals surface area contributed by atoms with Gasteiger partial charge in [0.2, 0.25) is 5.82 Å². The van der Waals surface area contributed by atoms with Crippen LogP contribution in [0.5, 0.6) is 0 Å². The first kappa shape index (κ1) is 21.6. The van der Waals surface area contributed by atoms with Gasteiger partial charge in [0.25, 0.3) is 17.1 Å². The number of hydrogen-bond donors (Lipinski definition) is 0. The van der Waals surface area contributed by atoms with Crippen molar-refractivity contribution in [3.63, 3.8) is 0 Å². The molecule has 0 N–H and O–H groups in total. The zero-order valence-electron chi connectivity index (χ0n) is 17.1. The van der Waals surface area contributed by atoms with Crippen LogP contribution >= 0.6 is 22.7 Å². The average Bonchev–Trinajstić information content (AvgIpc) is 3.60. The summed E-state index contributed by atoms with van der Waals surface area (Å²) in [5, 5.41) is 18.8. The molecule has 4 aromatic heterocycles. The van der Waals surface area contributed by atoms with Crippen LogP contribution in [0.15, 0.2) is 62.8 Å². The molecule has 11 nitrogen and oxygen atoms in total. The Bertz CT molecular complexity index is 1550. The van der Waals surface area contributed by atoms with Crippen molar-refractivity contribution in [1.82, 2.24) is 19.7 Å². The van der Waals surface area contributed by atoms with E-state index >= 15 is 0 Å². The topological polar surface area (TPSA) is 143 Å². The molecule has 0 spiro atoms. The molecule has 1 aromatic carbocycles. The summed E-state index contributed by atoms with van der Waals surface area (Å²) < 4.78 is 11.4. The van der Waals surface area contributed by atoms with Crippen molar-refractivity contribution in [1.29, 1.82) is 0 Å². The van der Waals surface area contributed by atoms with E-state index in [4.69, 9.17) is 9.26 Å². The fraction of sp³-hybridized carbons (Fsp3) is 0.0952. The molecule has 0 atom stereocenters. The molecule has 0 aliphatic heterocycles. The maximum atomic E-state index is 13.0. The molecule has 0 unspecified atom stereocenters. The lowest BCUT2D eigenvalue weighted by molar-refractivity contribution is -0.384. The number of carbonyl (C=O) groups excluding carboxylic acids is 1. The minimum atomic E-state index is -0.675. The molecule has 0 saturated carbocycles. The van der Waals surface area contributed by atoms with Crippen LogP contribution in [-0.4, -0.2) is 30.6 Å². The number of fused-ring (bicyclic) bond motifs is 1. The molecule has 0 aliphatic carbocycles. The monoisotopic (exact) mass is 495 g/mol. The van der Waals surface area contributed by atoms with Gasteiger partial charge >= 0.3 is 5.97 Å². The zero-order valence-corrected chi connectivity index (χ0v) is 18.7. The van der Waals surface area contributed by atoms with Crippen LogP contribution < -0.4 is 5.56 Å². The largest absolute Gasteiger partial charge is 0.454 e. The third-order valence-electron chi connectivity index (χ3n) is 4.81. The van der Waals surface area contributed by atoms with E-state index in [-0.39, 0.29) is 36.1 Å². The van der Waals surface area contributed by atoms with E-state index in [0.29, 0.717) is 15.8 Å². The molecule has 0 fully saturated rings. The lowest BCUT2D eigenvalue weighted by Gasteiger charge is -2.05. The molecule has 0 saturated heterocycles. The van der Waals surface area contributed by atoms with E-state index in [1.54, 1.807) is 0 Å². The summed E-state index contributed by atoms with van der Waals surface area (Å²) in [7, 11) is 0. The van der Waals surface area contributed by atoms with Crippen molar-refractivity contribution >= 4 is 44.5 Å². The van der Waals surface area contributed by atoms with Crippen molar-refractivity contribution in [3.05, 3.63) is 79.8 Å². The van der Waals surface area contributed by atoms with Gasteiger partial charge in [0, 0.05) is 33.5 Å². The third kappa shape index (κ3) is 4.21. The van der Waals surface area contributed by atoms with Crippen LogP contribution in [0.1, 0.15) is 5.89 Å². The second-order valence-corrected chi connectivity index (χ2v) is 8.77. The summed E-state index contributed by atoms with van der Waals surface area (Å²) in [6.07, 6.45) is 1.32.